The maximum Gasteiger partial charge on any atom is 0.245 e. The van der Waals surface area contributed by atoms with Crippen LogP contribution < -0.4 is 14.5 Å². The minimum Gasteiger partial charge on any atom is -0.378 e. The van der Waals surface area contributed by atoms with Gasteiger partial charge in [0, 0.05) is 25.5 Å². The number of hydrogen-bond acceptors (Lipinski definition) is 4. The summed E-state index contributed by atoms with van der Waals surface area (Å²) in [6, 6.07) is 14.3. The summed E-state index contributed by atoms with van der Waals surface area (Å²) in [5.41, 5.74) is 3.11. The van der Waals surface area contributed by atoms with Crippen LogP contribution in [0.1, 0.15) is 5.56 Å². The van der Waals surface area contributed by atoms with Gasteiger partial charge in [-0.25, -0.2) is 8.42 Å². The van der Waals surface area contributed by atoms with E-state index in [-0.39, 0.29) is 6.54 Å². The lowest BCUT2D eigenvalue weighted by atomic mass is 10.2. The number of nitrogens with zero attached hydrogens (tertiary/aromatic N) is 2. The molecule has 134 valence electrons. The first-order chi connectivity index (χ1) is 11.7. The van der Waals surface area contributed by atoms with Crippen LogP contribution in [0.25, 0.3) is 0 Å². The maximum absolute atomic E-state index is 12.3. The number of nitrogens with one attached hydrogen (secondary N) is 1. The smallest absolute Gasteiger partial charge is 0.245 e. The first-order valence-electron chi connectivity index (χ1n) is 7.78. The zero-order valence-corrected chi connectivity index (χ0v) is 15.7. The molecule has 0 spiro atoms. The van der Waals surface area contributed by atoms with E-state index in [1.165, 1.54) is 0 Å². The molecule has 0 aliphatic carbocycles. The highest BCUT2D eigenvalue weighted by Crippen LogP contribution is 2.21. The van der Waals surface area contributed by atoms with Crippen molar-refractivity contribution in [2.24, 2.45) is 0 Å². The summed E-state index contributed by atoms with van der Waals surface area (Å²) in [5.74, 6) is -0.397. The molecule has 0 saturated carbocycles. The molecule has 7 heteroatoms. The molecule has 0 aliphatic heterocycles. The zero-order valence-electron chi connectivity index (χ0n) is 14.9. The lowest BCUT2D eigenvalue weighted by molar-refractivity contribution is -0.114. The summed E-state index contributed by atoms with van der Waals surface area (Å²) in [6.07, 6.45) is 1.09. The van der Waals surface area contributed by atoms with Gasteiger partial charge in [0.1, 0.15) is 6.54 Å². The summed E-state index contributed by atoms with van der Waals surface area (Å²) in [7, 11) is 0.216. The minimum absolute atomic E-state index is 0.284. The van der Waals surface area contributed by atoms with Gasteiger partial charge in [-0.1, -0.05) is 17.7 Å². The number of carbonyl (C=O) groups excluding carboxylic acids is 1. The van der Waals surface area contributed by atoms with E-state index in [1.54, 1.807) is 24.3 Å². The van der Waals surface area contributed by atoms with Crippen molar-refractivity contribution in [3.8, 4) is 0 Å². The van der Waals surface area contributed by atoms with Crippen LogP contribution in [0.15, 0.2) is 48.5 Å². The third-order valence-corrected chi connectivity index (χ3v) is 4.82. The van der Waals surface area contributed by atoms with E-state index in [1.807, 2.05) is 50.2 Å². The molecule has 6 nitrogen and oxygen atoms in total. The zero-order chi connectivity index (χ0) is 18.6. The van der Waals surface area contributed by atoms with Gasteiger partial charge >= 0.3 is 0 Å². The van der Waals surface area contributed by atoms with Crippen molar-refractivity contribution < 1.29 is 13.2 Å². The van der Waals surface area contributed by atoms with Gasteiger partial charge in [-0.15, -0.1) is 0 Å². The Morgan fingerprint density at radius 1 is 0.960 bits per heavy atom. The van der Waals surface area contributed by atoms with Crippen LogP contribution in [-0.4, -0.2) is 41.2 Å². The van der Waals surface area contributed by atoms with Gasteiger partial charge in [0.2, 0.25) is 15.9 Å². The highest BCUT2D eigenvalue weighted by Gasteiger charge is 2.21. The maximum atomic E-state index is 12.3. The molecule has 0 heterocycles. The van der Waals surface area contributed by atoms with Gasteiger partial charge in [0.15, 0.2) is 0 Å². The number of aryl methyl sites for hydroxylation is 1. The summed E-state index contributed by atoms with van der Waals surface area (Å²) < 4.78 is 25.3. The number of amides is 1. The quantitative estimate of drug-likeness (QED) is 0.858. The molecule has 0 atom stereocenters. The van der Waals surface area contributed by atoms with E-state index >= 15 is 0 Å². The first-order valence-corrected chi connectivity index (χ1v) is 9.63. The molecule has 2 aromatic carbocycles. The Kier molecular flexibility index (Phi) is 5.69. The molecule has 0 aromatic heterocycles. The van der Waals surface area contributed by atoms with E-state index in [9.17, 15) is 13.2 Å². The van der Waals surface area contributed by atoms with Crippen LogP contribution in [0.4, 0.5) is 17.1 Å². The predicted molar refractivity (Wildman–Crippen MR) is 103 cm³/mol. The molecule has 2 rings (SSSR count). The molecular weight excluding hydrogens is 338 g/mol. The van der Waals surface area contributed by atoms with Crippen LogP contribution in [0.3, 0.4) is 0 Å². The van der Waals surface area contributed by atoms with Crippen molar-refractivity contribution in [1.29, 1.82) is 0 Å². The highest BCUT2D eigenvalue weighted by atomic mass is 32.2. The van der Waals surface area contributed by atoms with Crippen LogP contribution >= 0.6 is 0 Å². The monoisotopic (exact) mass is 361 g/mol. The molecule has 25 heavy (non-hydrogen) atoms. The van der Waals surface area contributed by atoms with Gasteiger partial charge in [-0.2, -0.15) is 0 Å². The van der Waals surface area contributed by atoms with Crippen molar-refractivity contribution in [2.75, 3.05) is 41.4 Å². The van der Waals surface area contributed by atoms with Crippen molar-refractivity contribution in [2.45, 2.75) is 6.92 Å². The molecule has 0 bridgehead atoms. The van der Waals surface area contributed by atoms with Crippen LogP contribution in [0.2, 0.25) is 0 Å². The third kappa shape index (κ3) is 5.22. The lowest BCUT2D eigenvalue weighted by Crippen LogP contribution is -2.37. The number of benzene rings is 2. The Bertz CT molecular complexity index is 829. The second kappa shape index (κ2) is 7.57. The summed E-state index contributed by atoms with van der Waals surface area (Å²) in [5, 5.41) is 2.72. The summed E-state index contributed by atoms with van der Waals surface area (Å²) in [6.45, 7) is 1.67. The average Bonchev–Trinajstić information content (AvgIpc) is 2.54. The number of anilines is 3. The Hall–Kier alpha value is -2.54. The lowest BCUT2D eigenvalue weighted by Gasteiger charge is -2.23. The fourth-order valence-electron chi connectivity index (χ4n) is 2.28. The molecule has 0 radical (unpaired) electrons. The topological polar surface area (TPSA) is 69.7 Å². The Morgan fingerprint density at radius 3 is 1.96 bits per heavy atom. The van der Waals surface area contributed by atoms with Gasteiger partial charge < -0.3 is 10.2 Å². The summed E-state index contributed by atoms with van der Waals surface area (Å²) >= 11 is 0. The highest BCUT2D eigenvalue weighted by molar-refractivity contribution is 7.92. The van der Waals surface area contributed by atoms with Gasteiger partial charge in [0.25, 0.3) is 0 Å². The average molecular weight is 361 g/mol. The molecule has 0 aliphatic rings. The largest absolute Gasteiger partial charge is 0.378 e. The number of hydrogen-bond donors (Lipinski definition) is 1. The van der Waals surface area contributed by atoms with Gasteiger partial charge in [-0.05, 0) is 43.3 Å². The molecule has 0 saturated heterocycles. The third-order valence-electron chi connectivity index (χ3n) is 3.68. The van der Waals surface area contributed by atoms with Crippen molar-refractivity contribution in [3.05, 3.63) is 54.1 Å². The fourth-order valence-corrected chi connectivity index (χ4v) is 3.14. The van der Waals surface area contributed by atoms with Crippen molar-refractivity contribution >= 4 is 33.0 Å². The van der Waals surface area contributed by atoms with E-state index in [0.29, 0.717) is 11.4 Å². The molecular formula is C18H23N3O3S. The van der Waals surface area contributed by atoms with Crippen LogP contribution in [-0.2, 0) is 14.8 Å². The standard InChI is InChI=1S/C18H23N3O3S/c1-14-5-7-15(8-6-14)19-18(22)13-21(25(4,23)24)17-11-9-16(10-12-17)20(2)3/h5-12H,13H2,1-4H3,(H,19,22). The molecule has 0 fully saturated rings. The fraction of sp³-hybridized carbons (Fsp3) is 0.278. The number of rotatable bonds is 6. The van der Waals surface area contributed by atoms with E-state index in [4.69, 9.17) is 0 Å². The molecule has 0 unspecified atom stereocenters. The van der Waals surface area contributed by atoms with E-state index < -0.39 is 15.9 Å². The van der Waals surface area contributed by atoms with Gasteiger partial charge in [0.05, 0.1) is 11.9 Å². The Labute approximate surface area is 149 Å². The minimum atomic E-state index is -3.59. The second-order valence-corrected chi connectivity index (χ2v) is 8.00. The predicted octanol–water partition coefficient (Wildman–Crippen LogP) is 2.47. The Balaban J connectivity index is 2.17. The molecule has 2 aromatic rings. The molecule has 1 N–H and O–H groups in total. The SMILES string of the molecule is Cc1ccc(NC(=O)CN(c2ccc(N(C)C)cc2)S(C)(=O)=O)cc1. The number of carbonyl (C=O) groups is 1. The molecule has 1 amide bonds. The van der Waals surface area contributed by atoms with Crippen molar-refractivity contribution in [3.63, 3.8) is 0 Å². The van der Waals surface area contributed by atoms with Crippen LogP contribution in [0, 0.1) is 6.92 Å². The van der Waals surface area contributed by atoms with E-state index in [0.717, 1.165) is 21.8 Å². The normalized spacial score (nSPS) is 11.0. The number of sulfonamides is 1. The van der Waals surface area contributed by atoms with Crippen LogP contribution in [0.5, 0.6) is 0 Å². The van der Waals surface area contributed by atoms with E-state index in [2.05, 4.69) is 5.32 Å². The van der Waals surface area contributed by atoms with Crippen molar-refractivity contribution in [1.82, 2.24) is 0 Å². The first kappa shape index (κ1) is 18.8. The Morgan fingerprint density at radius 2 is 1.48 bits per heavy atom. The summed E-state index contributed by atoms with van der Waals surface area (Å²) in [4.78, 5) is 14.2. The van der Waals surface area contributed by atoms with Gasteiger partial charge in [-0.3, -0.25) is 9.10 Å². The second-order valence-electron chi connectivity index (χ2n) is 6.09.